The Bertz CT molecular complexity index is 1320. The number of aromatic nitrogens is 2. The van der Waals surface area contributed by atoms with E-state index in [4.69, 9.17) is 24.7 Å². The number of rotatable bonds is 8. The maximum atomic E-state index is 12.8. The molecule has 0 radical (unpaired) electrons. The van der Waals surface area contributed by atoms with Crippen LogP contribution in [0.4, 0.5) is 0 Å². The minimum atomic E-state index is -0.548. The Morgan fingerprint density at radius 2 is 2.06 bits per heavy atom. The summed E-state index contributed by atoms with van der Waals surface area (Å²) in [7, 11) is 1.53. The van der Waals surface area contributed by atoms with Gasteiger partial charge in [-0.15, -0.1) is 5.10 Å². The van der Waals surface area contributed by atoms with Crippen molar-refractivity contribution in [2.24, 2.45) is 5.73 Å². The van der Waals surface area contributed by atoms with Crippen molar-refractivity contribution in [3.05, 3.63) is 76.3 Å². The number of hydrogen-bond donors (Lipinski definition) is 2. The SMILES string of the molecule is CCCc1[nH]nc2c1[C@H](c1ccc(OC(=O)c3cccc(OC)c3)c(OCC)c1)C(C#N)=C(N)O2. The number of aryl methyl sites for hydroxylation is 1. The molecule has 9 nitrogen and oxygen atoms in total. The molecule has 3 N–H and O–H groups in total. The first kappa shape index (κ1) is 23.7. The molecule has 2 aromatic carbocycles. The molecule has 1 aromatic heterocycles. The van der Waals surface area contributed by atoms with Crippen molar-refractivity contribution in [1.29, 1.82) is 5.26 Å². The zero-order chi connectivity index (χ0) is 24.9. The third-order valence-electron chi connectivity index (χ3n) is 5.63. The minimum Gasteiger partial charge on any atom is -0.497 e. The summed E-state index contributed by atoms with van der Waals surface area (Å²) in [5.41, 5.74) is 9.06. The van der Waals surface area contributed by atoms with Gasteiger partial charge in [-0.3, -0.25) is 5.10 Å². The summed E-state index contributed by atoms with van der Waals surface area (Å²) in [5.74, 6) is 0.469. The number of nitrogens with two attached hydrogens (primary N) is 1. The summed E-state index contributed by atoms with van der Waals surface area (Å²) >= 11 is 0. The van der Waals surface area contributed by atoms with E-state index in [2.05, 4.69) is 23.2 Å². The van der Waals surface area contributed by atoms with Crippen molar-refractivity contribution in [2.75, 3.05) is 13.7 Å². The van der Waals surface area contributed by atoms with Crippen molar-refractivity contribution < 1.29 is 23.7 Å². The molecule has 1 atom stereocenters. The van der Waals surface area contributed by atoms with Crippen molar-refractivity contribution in [2.45, 2.75) is 32.6 Å². The number of aromatic amines is 1. The average Bonchev–Trinajstić information content (AvgIpc) is 3.26. The summed E-state index contributed by atoms with van der Waals surface area (Å²) in [6.45, 7) is 4.24. The van der Waals surface area contributed by atoms with Gasteiger partial charge in [0.05, 0.1) is 25.2 Å². The monoisotopic (exact) mass is 474 g/mol. The number of methoxy groups -OCH3 is 1. The Morgan fingerprint density at radius 1 is 1.23 bits per heavy atom. The third-order valence-corrected chi connectivity index (χ3v) is 5.63. The molecule has 9 heteroatoms. The number of benzene rings is 2. The number of fused-ring (bicyclic) bond motifs is 1. The summed E-state index contributed by atoms with van der Waals surface area (Å²) in [6.07, 6.45) is 1.61. The number of nitrogens with one attached hydrogen (secondary N) is 1. The minimum absolute atomic E-state index is 0.00559. The zero-order valence-corrected chi connectivity index (χ0v) is 19.8. The fraction of sp³-hybridized carbons (Fsp3) is 0.269. The summed E-state index contributed by atoms with van der Waals surface area (Å²) in [4.78, 5) is 12.8. The van der Waals surface area contributed by atoms with Crippen LogP contribution in [0.1, 0.15) is 53.4 Å². The van der Waals surface area contributed by atoms with Crippen LogP contribution in [0.3, 0.4) is 0 Å². The maximum absolute atomic E-state index is 12.8. The van der Waals surface area contributed by atoms with Gasteiger partial charge in [-0.1, -0.05) is 25.5 Å². The molecule has 2 heterocycles. The molecule has 0 fully saturated rings. The second-order valence-electron chi connectivity index (χ2n) is 7.86. The molecule has 1 aliphatic rings. The van der Waals surface area contributed by atoms with Crippen LogP contribution < -0.4 is 24.7 Å². The van der Waals surface area contributed by atoms with Gasteiger partial charge in [0.1, 0.15) is 17.4 Å². The lowest BCUT2D eigenvalue weighted by atomic mass is 9.83. The van der Waals surface area contributed by atoms with E-state index in [1.165, 1.54) is 7.11 Å². The molecule has 3 aromatic rings. The van der Waals surface area contributed by atoms with E-state index in [9.17, 15) is 10.1 Å². The fourth-order valence-electron chi connectivity index (χ4n) is 4.05. The van der Waals surface area contributed by atoms with Gasteiger partial charge < -0.3 is 24.7 Å². The highest BCUT2D eigenvalue weighted by molar-refractivity contribution is 5.91. The number of nitriles is 1. The Labute approximate surface area is 203 Å². The molecule has 0 aliphatic carbocycles. The first-order chi connectivity index (χ1) is 17.0. The van der Waals surface area contributed by atoms with E-state index in [0.717, 1.165) is 29.7 Å². The lowest BCUT2D eigenvalue weighted by molar-refractivity contribution is 0.0728. The second-order valence-corrected chi connectivity index (χ2v) is 7.86. The molecule has 0 unspecified atom stereocenters. The van der Waals surface area contributed by atoms with Crippen molar-refractivity contribution >= 4 is 5.97 Å². The Hall–Kier alpha value is -4.45. The standard InChI is InChI=1S/C26H26N4O5/c1-4-7-19-23-22(18(14-27)24(28)35-25(23)30-29-19)15-10-11-20(21(13-15)33-5-2)34-26(31)16-8-6-9-17(12-16)32-3/h6,8-13,22H,4-5,7,28H2,1-3H3,(H,29,30)/t22-/m1/s1. The molecular weight excluding hydrogens is 448 g/mol. The highest BCUT2D eigenvalue weighted by Gasteiger charge is 2.35. The molecule has 0 saturated carbocycles. The van der Waals surface area contributed by atoms with Crippen LogP contribution in [0.15, 0.2) is 53.9 Å². The van der Waals surface area contributed by atoms with Crippen LogP contribution >= 0.6 is 0 Å². The smallest absolute Gasteiger partial charge is 0.343 e. The number of allylic oxidation sites excluding steroid dienone is 1. The summed E-state index contributed by atoms with van der Waals surface area (Å²) in [5, 5.41) is 17.1. The van der Waals surface area contributed by atoms with Gasteiger partial charge in [0.25, 0.3) is 0 Å². The van der Waals surface area contributed by atoms with Crippen molar-refractivity contribution in [3.63, 3.8) is 0 Å². The van der Waals surface area contributed by atoms with Gasteiger partial charge in [0, 0.05) is 11.3 Å². The van der Waals surface area contributed by atoms with Crippen LogP contribution in [-0.2, 0) is 6.42 Å². The number of ether oxygens (including phenoxy) is 4. The van der Waals surface area contributed by atoms with Crippen molar-refractivity contribution in [1.82, 2.24) is 10.2 Å². The predicted octanol–water partition coefficient (Wildman–Crippen LogP) is 4.21. The summed E-state index contributed by atoms with van der Waals surface area (Å²) < 4.78 is 22.3. The summed E-state index contributed by atoms with van der Waals surface area (Å²) in [6, 6.07) is 14.1. The van der Waals surface area contributed by atoms with Gasteiger partial charge in [0.15, 0.2) is 11.5 Å². The van der Waals surface area contributed by atoms with E-state index < -0.39 is 11.9 Å². The van der Waals surface area contributed by atoms with E-state index in [0.29, 0.717) is 29.5 Å². The van der Waals surface area contributed by atoms with E-state index in [1.807, 2.05) is 6.92 Å². The van der Waals surface area contributed by atoms with Crippen LogP contribution in [0.5, 0.6) is 23.1 Å². The van der Waals surface area contributed by atoms with Gasteiger partial charge in [-0.05, 0) is 49.2 Å². The van der Waals surface area contributed by atoms with Gasteiger partial charge in [-0.2, -0.15) is 5.26 Å². The molecule has 4 rings (SSSR count). The van der Waals surface area contributed by atoms with Crippen LogP contribution in [0.25, 0.3) is 0 Å². The molecule has 0 amide bonds. The molecule has 0 saturated heterocycles. The van der Waals surface area contributed by atoms with Gasteiger partial charge in [-0.25, -0.2) is 4.79 Å². The maximum Gasteiger partial charge on any atom is 0.343 e. The number of H-pyrrole nitrogens is 1. The van der Waals surface area contributed by atoms with Gasteiger partial charge >= 0.3 is 5.97 Å². The highest BCUT2D eigenvalue weighted by Crippen LogP contribution is 2.45. The average molecular weight is 475 g/mol. The van der Waals surface area contributed by atoms with E-state index in [-0.39, 0.29) is 17.2 Å². The van der Waals surface area contributed by atoms with Crippen LogP contribution in [-0.4, -0.2) is 29.9 Å². The molecule has 0 spiro atoms. The third kappa shape index (κ3) is 4.64. The lowest BCUT2D eigenvalue weighted by Crippen LogP contribution is -2.21. The Balaban J connectivity index is 1.74. The Morgan fingerprint density at radius 3 is 2.77 bits per heavy atom. The topological polar surface area (TPSA) is 132 Å². The predicted molar refractivity (Wildman–Crippen MR) is 127 cm³/mol. The normalized spacial score (nSPS) is 14.5. The molecular formula is C26H26N4O5. The quantitative estimate of drug-likeness (QED) is 0.367. The largest absolute Gasteiger partial charge is 0.497 e. The van der Waals surface area contributed by atoms with E-state index >= 15 is 0 Å². The van der Waals surface area contributed by atoms with Crippen molar-refractivity contribution in [3.8, 4) is 29.2 Å². The lowest BCUT2D eigenvalue weighted by Gasteiger charge is -2.24. The van der Waals surface area contributed by atoms with E-state index in [1.54, 1.807) is 42.5 Å². The number of hydrogen-bond acceptors (Lipinski definition) is 8. The number of nitrogens with zero attached hydrogens (tertiary/aromatic N) is 2. The van der Waals surface area contributed by atoms with Gasteiger partial charge in [0.2, 0.25) is 11.8 Å². The van der Waals surface area contributed by atoms with Crippen LogP contribution in [0.2, 0.25) is 0 Å². The first-order valence-electron chi connectivity index (χ1n) is 11.3. The molecule has 35 heavy (non-hydrogen) atoms. The second kappa shape index (κ2) is 10.2. The fourth-order valence-corrected chi connectivity index (χ4v) is 4.05. The van der Waals surface area contributed by atoms with Crippen LogP contribution in [0, 0.1) is 11.3 Å². The molecule has 1 aliphatic heterocycles. The molecule has 180 valence electrons. The first-order valence-corrected chi connectivity index (χ1v) is 11.3. The Kier molecular flexibility index (Phi) is 6.92. The highest BCUT2D eigenvalue weighted by atomic mass is 16.6. The zero-order valence-electron chi connectivity index (χ0n) is 19.8. The molecule has 0 bridgehead atoms. The number of carbonyl (C=O) groups excluding carboxylic acids is 1. The number of esters is 1. The number of carbonyl (C=O) groups is 1.